The minimum Gasteiger partial charge on any atom is -0.333 e. The number of benzene rings is 1. The summed E-state index contributed by atoms with van der Waals surface area (Å²) >= 11 is 0. The molecular formula is C32H52N4O2. The van der Waals surface area contributed by atoms with Crippen molar-refractivity contribution in [3.05, 3.63) is 35.4 Å². The number of carbonyl (C=O) groups excluding carboxylic acids is 2. The zero-order valence-electron chi connectivity index (χ0n) is 24.9. The fraction of sp³-hybridized carbons (Fsp3) is 0.688. The third kappa shape index (κ3) is 8.78. The maximum atomic E-state index is 13.9. The van der Waals surface area contributed by atoms with Crippen LogP contribution in [0.1, 0.15) is 128 Å². The Bertz CT molecular complexity index is 908. The highest BCUT2D eigenvalue weighted by molar-refractivity contribution is 6.05. The van der Waals surface area contributed by atoms with Gasteiger partial charge in [0.05, 0.1) is 0 Å². The van der Waals surface area contributed by atoms with Crippen LogP contribution in [-0.4, -0.2) is 34.8 Å². The van der Waals surface area contributed by atoms with Crippen LogP contribution in [0.5, 0.6) is 0 Å². The Morgan fingerprint density at radius 1 is 1.05 bits per heavy atom. The smallest absolute Gasteiger partial charge is 0.256 e. The summed E-state index contributed by atoms with van der Waals surface area (Å²) in [6.45, 7) is 16.5. The van der Waals surface area contributed by atoms with Crippen molar-refractivity contribution < 1.29 is 9.59 Å². The van der Waals surface area contributed by atoms with E-state index in [4.69, 9.17) is 0 Å². The number of amides is 2. The molecule has 0 spiro atoms. The molecule has 0 unspecified atom stereocenters. The average Bonchev–Trinajstić information content (AvgIpc) is 2.93. The Hall–Kier alpha value is -2.50. The zero-order valence-corrected chi connectivity index (χ0v) is 24.9. The van der Waals surface area contributed by atoms with Crippen LogP contribution < -0.4 is 5.32 Å². The Labute approximate surface area is 231 Å². The Morgan fingerprint density at radius 3 is 2.18 bits per heavy atom. The fourth-order valence-electron chi connectivity index (χ4n) is 6.24. The summed E-state index contributed by atoms with van der Waals surface area (Å²) in [6.07, 6.45) is 12.4. The molecule has 0 aliphatic heterocycles. The van der Waals surface area contributed by atoms with E-state index < -0.39 is 0 Å². The minimum atomic E-state index is -0.228. The lowest BCUT2D eigenvalue weighted by Crippen LogP contribution is -2.53. The molecule has 38 heavy (non-hydrogen) atoms. The first-order chi connectivity index (χ1) is 18.3. The number of nitrogens with one attached hydrogen (secondary N) is 1. The van der Waals surface area contributed by atoms with Crippen molar-refractivity contribution in [2.24, 2.45) is 28.0 Å². The normalized spacial score (nSPS) is 22.3. The molecule has 0 aromatic heterocycles. The first-order valence-electron chi connectivity index (χ1n) is 15.0. The summed E-state index contributed by atoms with van der Waals surface area (Å²) < 4.78 is 0. The molecule has 2 aliphatic rings. The lowest BCUT2D eigenvalue weighted by atomic mass is 9.70. The van der Waals surface area contributed by atoms with E-state index in [0.29, 0.717) is 42.1 Å². The first kappa shape index (κ1) is 31.7. The zero-order chi connectivity index (χ0) is 28.1. The van der Waals surface area contributed by atoms with Crippen LogP contribution in [0.15, 0.2) is 34.5 Å². The van der Waals surface area contributed by atoms with E-state index in [9.17, 15) is 9.59 Å². The summed E-state index contributed by atoms with van der Waals surface area (Å²) in [5.41, 5.74) is 1.55. The molecule has 0 heterocycles. The van der Waals surface area contributed by atoms with Gasteiger partial charge >= 0.3 is 0 Å². The van der Waals surface area contributed by atoms with Crippen LogP contribution in [0.4, 0.5) is 0 Å². The summed E-state index contributed by atoms with van der Waals surface area (Å²) in [5.74, 6) is 2.46. The molecule has 0 atom stereocenters. The van der Waals surface area contributed by atoms with Gasteiger partial charge < -0.3 is 10.2 Å². The van der Waals surface area contributed by atoms with Crippen LogP contribution in [0, 0.1) is 17.8 Å². The molecule has 212 valence electrons. The molecule has 1 aromatic carbocycles. The third-order valence-electron chi connectivity index (χ3n) is 8.70. The Kier molecular flexibility index (Phi) is 13.2. The molecule has 2 fully saturated rings. The van der Waals surface area contributed by atoms with Crippen molar-refractivity contribution in [3.8, 4) is 0 Å². The topological polar surface area (TPSA) is 74.1 Å². The number of rotatable bonds is 9. The monoisotopic (exact) mass is 524 g/mol. The van der Waals surface area contributed by atoms with Gasteiger partial charge in [0.1, 0.15) is 5.84 Å². The van der Waals surface area contributed by atoms with E-state index in [2.05, 4.69) is 47.9 Å². The highest BCUT2D eigenvalue weighted by Gasteiger charge is 2.42. The maximum absolute atomic E-state index is 13.9. The van der Waals surface area contributed by atoms with Crippen molar-refractivity contribution in [1.82, 2.24) is 10.2 Å². The summed E-state index contributed by atoms with van der Waals surface area (Å²) in [7, 11) is 0. The number of hydrogen-bond donors (Lipinski definition) is 1. The van der Waals surface area contributed by atoms with Gasteiger partial charge in [-0.1, -0.05) is 66.0 Å². The number of amidine groups is 1. The van der Waals surface area contributed by atoms with E-state index in [1.807, 2.05) is 38.1 Å². The summed E-state index contributed by atoms with van der Waals surface area (Å²) in [6, 6.07) is 7.63. The van der Waals surface area contributed by atoms with Crippen molar-refractivity contribution >= 4 is 24.4 Å². The van der Waals surface area contributed by atoms with E-state index in [1.54, 1.807) is 6.92 Å². The summed E-state index contributed by atoms with van der Waals surface area (Å²) in [5, 5.41) is 9.91. The molecule has 2 saturated carbocycles. The first-order valence-corrected chi connectivity index (χ1v) is 15.0. The van der Waals surface area contributed by atoms with Crippen LogP contribution in [-0.2, 0) is 11.3 Å². The predicted molar refractivity (Wildman–Crippen MR) is 159 cm³/mol. The largest absolute Gasteiger partial charge is 0.333 e. The van der Waals surface area contributed by atoms with E-state index in [0.717, 1.165) is 30.7 Å². The predicted octanol–water partition coefficient (Wildman–Crippen LogP) is 7.77. The lowest BCUT2D eigenvalue weighted by Gasteiger charge is -2.49. The summed E-state index contributed by atoms with van der Waals surface area (Å²) in [4.78, 5) is 28.6. The molecule has 6 nitrogen and oxygen atoms in total. The van der Waals surface area contributed by atoms with E-state index >= 15 is 0 Å². The maximum Gasteiger partial charge on any atom is 0.256 e. The molecule has 6 heteroatoms. The SMILES string of the molecule is C=N/N=C(\C)NC(=O)c1ccc(CN(C(=O)CC2CCCCC2)C2(CC)CCC(C(C)C)CC2)cc1.CC. The van der Waals surface area contributed by atoms with E-state index in [-0.39, 0.29) is 11.4 Å². The average molecular weight is 525 g/mol. The molecule has 0 radical (unpaired) electrons. The van der Waals surface area contributed by atoms with Crippen LogP contribution in [0.25, 0.3) is 0 Å². The second-order valence-corrected chi connectivity index (χ2v) is 11.3. The molecule has 2 aliphatic carbocycles. The fourth-order valence-corrected chi connectivity index (χ4v) is 6.24. The quantitative estimate of drug-likeness (QED) is 0.203. The number of carbonyl (C=O) groups is 2. The van der Waals surface area contributed by atoms with Crippen molar-refractivity contribution in [3.63, 3.8) is 0 Å². The minimum absolute atomic E-state index is 0.0710. The van der Waals surface area contributed by atoms with Gasteiger partial charge in [-0.3, -0.25) is 9.59 Å². The highest BCUT2D eigenvalue weighted by Crippen LogP contribution is 2.43. The standard InChI is InChI=1S/C30H46N4O2.C2H6/c1-6-30(18-16-26(17-19-30)22(2)3)34(28(35)20-24-10-8-7-9-11-24)21-25-12-14-27(15-13-25)29(36)32-23(4)33-31-5;1-2/h12-15,22,24,26H,5-11,16-21H2,1-4H3,(H,32,33,36);1-2H3. The van der Waals surface area contributed by atoms with Gasteiger partial charge in [-0.25, -0.2) is 0 Å². The molecule has 0 bridgehead atoms. The van der Waals surface area contributed by atoms with Crippen molar-refractivity contribution in [1.29, 1.82) is 0 Å². The van der Waals surface area contributed by atoms with Gasteiger partial charge in [0, 0.05) is 30.8 Å². The van der Waals surface area contributed by atoms with Crippen LogP contribution >= 0.6 is 0 Å². The van der Waals surface area contributed by atoms with Crippen LogP contribution in [0.2, 0.25) is 0 Å². The third-order valence-corrected chi connectivity index (χ3v) is 8.70. The lowest BCUT2D eigenvalue weighted by molar-refractivity contribution is -0.142. The van der Waals surface area contributed by atoms with E-state index in [1.165, 1.54) is 44.9 Å². The van der Waals surface area contributed by atoms with Gasteiger partial charge in [-0.2, -0.15) is 5.10 Å². The van der Waals surface area contributed by atoms with Gasteiger partial charge in [0.15, 0.2) is 0 Å². The second kappa shape index (κ2) is 15.8. The molecule has 0 saturated heterocycles. The van der Waals surface area contributed by atoms with Crippen molar-refractivity contribution in [2.45, 2.75) is 124 Å². The van der Waals surface area contributed by atoms with Crippen molar-refractivity contribution in [2.75, 3.05) is 0 Å². The molecule has 2 amide bonds. The Balaban J connectivity index is 0.00000247. The second-order valence-electron chi connectivity index (χ2n) is 11.3. The van der Waals surface area contributed by atoms with Gasteiger partial charge in [-0.15, -0.1) is 5.10 Å². The number of nitrogens with zero attached hydrogens (tertiary/aromatic N) is 3. The van der Waals surface area contributed by atoms with Gasteiger partial charge in [0.25, 0.3) is 5.91 Å². The highest BCUT2D eigenvalue weighted by atomic mass is 16.2. The molecule has 3 rings (SSSR count). The molecule has 1 N–H and O–H groups in total. The van der Waals surface area contributed by atoms with Gasteiger partial charge in [0.2, 0.25) is 5.91 Å². The Morgan fingerprint density at radius 2 is 1.66 bits per heavy atom. The molecule has 1 aromatic rings. The van der Waals surface area contributed by atoms with Gasteiger partial charge in [-0.05, 0) is 87.3 Å². The molecular weight excluding hydrogens is 472 g/mol. The number of hydrogen-bond acceptors (Lipinski definition) is 4. The van der Waals surface area contributed by atoms with Crippen LogP contribution in [0.3, 0.4) is 0 Å².